The SMILES string of the molecule is CNC1CCN(c2ccccc2Nc2c(F)cc(SNc3cscn3)cc2F)C1. The fourth-order valence-electron chi connectivity index (χ4n) is 3.31. The zero-order valence-corrected chi connectivity index (χ0v) is 17.4. The zero-order valence-electron chi connectivity index (χ0n) is 15.8. The molecule has 29 heavy (non-hydrogen) atoms. The molecule has 1 aliphatic rings. The number of nitrogens with zero attached hydrogens (tertiary/aromatic N) is 2. The van der Waals surface area contributed by atoms with Crippen LogP contribution >= 0.6 is 23.3 Å². The van der Waals surface area contributed by atoms with E-state index in [4.69, 9.17) is 0 Å². The Morgan fingerprint density at radius 2 is 2.00 bits per heavy atom. The highest BCUT2D eigenvalue weighted by atomic mass is 32.2. The molecular weight excluding hydrogens is 412 g/mol. The lowest BCUT2D eigenvalue weighted by Crippen LogP contribution is -2.29. The largest absolute Gasteiger partial charge is 0.368 e. The summed E-state index contributed by atoms with van der Waals surface area (Å²) >= 11 is 2.56. The molecule has 1 aliphatic heterocycles. The first kappa shape index (κ1) is 19.9. The number of nitrogens with one attached hydrogen (secondary N) is 3. The molecule has 0 amide bonds. The number of hydrogen-bond donors (Lipinski definition) is 3. The Morgan fingerprint density at radius 3 is 2.69 bits per heavy atom. The van der Waals surface area contributed by atoms with E-state index >= 15 is 0 Å². The van der Waals surface area contributed by atoms with Crippen molar-refractivity contribution in [3.63, 3.8) is 0 Å². The lowest BCUT2D eigenvalue weighted by atomic mass is 10.2. The molecule has 2 heterocycles. The van der Waals surface area contributed by atoms with Gasteiger partial charge in [0.15, 0.2) is 11.6 Å². The Morgan fingerprint density at radius 1 is 1.21 bits per heavy atom. The predicted octanol–water partition coefficient (Wildman–Crippen LogP) is 5.08. The van der Waals surface area contributed by atoms with Crippen LogP contribution in [0.5, 0.6) is 0 Å². The summed E-state index contributed by atoms with van der Waals surface area (Å²) in [6, 6.07) is 10.6. The van der Waals surface area contributed by atoms with Crippen molar-refractivity contribution in [2.75, 3.05) is 35.1 Å². The van der Waals surface area contributed by atoms with Crippen LogP contribution in [0.2, 0.25) is 0 Å². The third-order valence-corrected chi connectivity index (χ3v) is 6.19. The molecule has 0 saturated carbocycles. The Labute approximate surface area is 176 Å². The van der Waals surface area contributed by atoms with Gasteiger partial charge in [-0.25, -0.2) is 13.8 Å². The number of anilines is 4. The van der Waals surface area contributed by atoms with Crippen LogP contribution in [0.4, 0.5) is 31.7 Å². The molecule has 0 spiro atoms. The third-order valence-electron chi connectivity index (χ3n) is 4.82. The maximum atomic E-state index is 14.7. The molecule has 152 valence electrons. The van der Waals surface area contributed by atoms with E-state index < -0.39 is 11.6 Å². The molecule has 5 nitrogen and oxygen atoms in total. The van der Waals surface area contributed by atoms with Gasteiger partial charge in [0.2, 0.25) is 0 Å². The van der Waals surface area contributed by atoms with Gasteiger partial charge in [0.05, 0.1) is 16.9 Å². The topological polar surface area (TPSA) is 52.2 Å². The molecule has 0 bridgehead atoms. The number of likely N-dealkylation sites (N-methyl/N-ethyl adjacent to an activating group) is 1. The van der Waals surface area contributed by atoms with E-state index in [9.17, 15) is 8.78 Å². The normalized spacial score (nSPS) is 16.2. The van der Waals surface area contributed by atoms with Gasteiger partial charge in [-0.05, 0) is 49.7 Å². The minimum absolute atomic E-state index is 0.153. The number of para-hydroxylation sites is 2. The van der Waals surface area contributed by atoms with E-state index in [-0.39, 0.29) is 5.69 Å². The quantitative estimate of drug-likeness (QED) is 0.452. The molecule has 1 saturated heterocycles. The lowest BCUT2D eigenvalue weighted by molar-refractivity contribution is 0.585. The van der Waals surface area contributed by atoms with Crippen molar-refractivity contribution in [1.29, 1.82) is 0 Å². The van der Waals surface area contributed by atoms with Crippen LogP contribution in [0.15, 0.2) is 52.2 Å². The molecule has 1 unspecified atom stereocenters. The van der Waals surface area contributed by atoms with Crippen LogP contribution in [0, 0.1) is 11.6 Å². The van der Waals surface area contributed by atoms with E-state index in [1.54, 1.807) is 5.51 Å². The monoisotopic (exact) mass is 433 g/mol. The maximum Gasteiger partial charge on any atom is 0.150 e. The van der Waals surface area contributed by atoms with Gasteiger partial charge in [-0.3, -0.25) is 0 Å². The van der Waals surface area contributed by atoms with Crippen molar-refractivity contribution < 1.29 is 8.78 Å². The van der Waals surface area contributed by atoms with Crippen molar-refractivity contribution in [1.82, 2.24) is 10.3 Å². The molecule has 3 aromatic rings. The summed E-state index contributed by atoms with van der Waals surface area (Å²) < 4.78 is 32.4. The summed E-state index contributed by atoms with van der Waals surface area (Å²) in [5.74, 6) is -0.628. The van der Waals surface area contributed by atoms with Crippen molar-refractivity contribution in [2.45, 2.75) is 17.4 Å². The summed E-state index contributed by atoms with van der Waals surface area (Å²) in [7, 11) is 1.95. The first-order chi connectivity index (χ1) is 14.1. The molecule has 1 atom stereocenters. The molecule has 0 aliphatic carbocycles. The second kappa shape index (κ2) is 8.98. The van der Waals surface area contributed by atoms with Crippen molar-refractivity contribution in [2.24, 2.45) is 0 Å². The first-order valence-corrected chi connectivity index (χ1v) is 11.0. The number of thiazole rings is 1. The Bertz CT molecular complexity index is 944. The average Bonchev–Trinajstić information content (AvgIpc) is 3.41. The van der Waals surface area contributed by atoms with Crippen LogP contribution < -0.4 is 20.3 Å². The van der Waals surface area contributed by atoms with Crippen LogP contribution in [-0.4, -0.2) is 31.2 Å². The fourth-order valence-corrected chi connectivity index (χ4v) is 4.52. The number of hydrogen-bond acceptors (Lipinski definition) is 7. The highest BCUT2D eigenvalue weighted by molar-refractivity contribution is 8.00. The smallest absolute Gasteiger partial charge is 0.150 e. The van der Waals surface area contributed by atoms with Gasteiger partial charge in [0, 0.05) is 29.4 Å². The van der Waals surface area contributed by atoms with Crippen molar-refractivity contribution in [3.05, 3.63) is 58.9 Å². The Hall–Kier alpha value is -2.36. The highest BCUT2D eigenvalue weighted by Gasteiger charge is 2.23. The van der Waals surface area contributed by atoms with E-state index in [0.717, 1.165) is 37.1 Å². The molecule has 2 aromatic carbocycles. The minimum atomic E-state index is -0.642. The summed E-state index contributed by atoms with van der Waals surface area (Å²) in [5.41, 5.74) is 3.16. The second-order valence-electron chi connectivity index (χ2n) is 6.70. The molecule has 3 N–H and O–H groups in total. The van der Waals surface area contributed by atoms with E-state index in [0.29, 0.717) is 22.4 Å². The standard InChI is InChI=1S/C20H21F2N5S2/c1-23-13-6-7-27(10-13)18-5-3-2-4-17(18)25-20-15(21)8-14(9-16(20)22)29-26-19-11-28-12-24-19/h2-5,8-9,11-13,23,25-26H,6-7,10H2,1H3. The van der Waals surface area contributed by atoms with E-state index in [1.165, 1.54) is 23.5 Å². The Kier molecular flexibility index (Phi) is 6.17. The molecule has 4 rings (SSSR count). The molecule has 9 heteroatoms. The van der Waals surface area contributed by atoms with Gasteiger partial charge in [-0.2, -0.15) is 0 Å². The van der Waals surface area contributed by atoms with Gasteiger partial charge in [-0.15, -0.1) is 11.3 Å². The van der Waals surface area contributed by atoms with E-state index in [2.05, 4.69) is 25.2 Å². The average molecular weight is 434 g/mol. The minimum Gasteiger partial charge on any atom is -0.368 e. The van der Waals surface area contributed by atoms with Gasteiger partial charge >= 0.3 is 0 Å². The van der Waals surface area contributed by atoms with Gasteiger partial charge < -0.3 is 20.3 Å². The van der Waals surface area contributed by atoms with Crippen LogP contribution in [0.25, 0.3) is 0 Å². The number of halogens is 2. The van der Waals surface area contributed by atoms with Crippen LogP contribution in [0.3, 0.4) is 0 Å². The molecular formula is C20H21F2N5S2. The van der Waals surface area contributed by atoms with Crippen molar-refractivity contribution in [3.8, 4) is 0 Å². The highest BCUT2D eigenvalue weighted by Crippen LogP contribution is 2.34. The summed E-state index contributed by atoms with van der Waals surface area (Å²) in [6.45, 7) is 1.76. The number of benzene rings is 2. The summed E-state index contributed by atoms with van der Waals surface area (Å²) in [6.07, 6.45) is 1.03. The summed E-state index contributed by atoms with van der Waals surface area (Å²) in [4.78, 5) is 6.74. The zero-order chi connectivity index (χ0) is 20.2. The van der Waals surface area contributed by atoms with Crippen molar-refractivity contribution >= 4 is 46.2 Å². The Balaban J connectivity index is 1.52. The second-order valence-corrected chi connectivity index (χ2v) is 8.30. The van der Waals surface area contributed by atoms with Gasteiger partial charge in [0.1, 0.15) is 11.5 Å². The molecule has 1 aromatic heterocycles. The predicted molar refractivity (Wildman–Crippen MR) is 117 cm³/mol. The van der Waals surface area contributed by atoms with E-state index in [1.807, 2.05) is 36.7 Å². The fraction of sp³-hybridized carbons (Fsp3) is 0.250. The number of rotatable bonds is 7. The summed E-state index contributed by atoms with van der Waals surface area (Å²) in [5, 5.41) is 8.07. The van der Waals surface area contributed by atoms with Gasteiger partial charge in [0.25, 0.3) is 0 Å². The number of aromatic nitrogens is 1. The third kappa shape index (κ3) is 4.63. The first-order valence-electron chi connectivity index (χ1n) is 9.22. The van der Waals surface area contributed by atoms with Crippen LogP contribution in [-0.2, 0) is 0 Å². The molecule has 0 radical (unpaired) electrons. The van der Waals surface area contributed by atoms with Crippen LogP contribution in [0.1, 0.15) is 6.42 Å². The maximum absolute atomic E-state index is 14.7. The van der Waals surface area contributed by atoms with Gasteiger partial charge in [-0.1, -0.05) is 12.1 Å². The lowest BCUT2D eigenvalue weighted by Gasteiger charge is -2.23. The molecule has 1 fully saturated rings.